The van der Waals surface area contributed by atoms with Crippen LogP contribution in [0.25, 0.3) is 0 Å². The summed E-state index contributed by atoms with van der Waals surface area (Å²) in [6, 6.07) is 0.250. The number of likely N-dealkylation sites (tertiary alicyclic amines) is 1. The van der Waals surface area contributed by atoms with Crippen LogP contribution in [0.1, 0.15) is 44.9 Å². The third kappa shape index (κ3) is 3.19. The Kier molecular flexibility index (Phi) is 4.40. The van der Waals surface area contributed by atoms with Crippen molar-refractivity contribution in [3.63, 3.8) is 0 Å². The molecule has 1 saturated heterocycles. The molecule has 1 saturated carbocycles. The highest BCUT2D eigenvalue weighted by Gasteiger charge is 2.32. The quantitative estimate of drug-likeness (QED) is 0.704. The maximum absolute atomic E-state index is 11.3. The molecule has 2 rings (SSSR count). The molecule has 17 heavy (non-hydrogen) atoms. The van der Waals surface area contributed by atoms with Crippen molar-refractivity contribution >= 4 is 5.91 Å². The lowest BCUT2D eigenvalue weighted by molar-refractivity contribution is -0.124. The van der Waals surface area contributed by atoms with Crippen LogP contribution in [0.3, 0.4) is 0 Å². The Labute approximate surface area is 103 Å². The minimum atomic E-state index is -0.218. The van der Waals surface area contributed by atoms with Gasteiger partial charge in [0, 0.05) is 12.6 Å². The van der Waals surface area contributed by atoms with Gasteiger partial charge in [-0.05, 0) is 32.2 Å². The number of carbonyl (C=O) groups excluding carboxylic acids is 1. The molecule has 0 bridgehead atoms. The molecule has 0 radical (unpaired) electrons. The number of amides is 1. The molecule has 0 aromatic rings. The number of nitrogens with two attached hydrogens (primary N) is 1. The van der Waals surface area contributed by atoms with Crippen LogP contribution < -0.4 is 5.73 Å². The van der Waals surface area contributed by atoms with Crippen LogP contribution in [0.4, 0.5) is 0 Å². The van der Waals surface area contributed by atoms with Crippen molar-refractivity contribution in [1.29, 1.82) is 0 Å². The van der Waals surface area contributed by atoms with E-state index < -0.39 is 0 Å². The van der Waals surface area contributed by atoms with Crippen LogP contribution in [0.15, 0.2) is 0 Å². The summed E-state index contributed by atoms with van der Waals surface area (Å²) < 4.78 is 0. The maximum atomic E-state index is 11.3. The largest absolute Gasteiger partial charge is 0.391 e. The number of aliphatic hydroxyl groups excluding tert-OH is 1. The molecule has 4 heteroatoms. The molecule has 0 aromatic heterocycles. The third-order valence-corrected chi connectivity index (χ3v) is 4.27. The van der Waals surface area contributed by atoms with Gasteiger partial charge in [-0.1, -0.05) is 19.3 Å². The summed E-state index contributed by atoms with van der Waals surface area (Å²) >= 11 is 0. The van der Waals surface area contributed by atoms with E-state index in [1.807, 2.05) is 0 Å². The molecule has 3 unspecified atom stereocenters. The number of rotatable bonds is 2. The van der Waals surface area contributed by atoms with E-state index in [2.05, 4.69) is 4.90 Å². The molecule has 98 valence electrons. The number of hydrogen-bond acceptors (Lipinski definition) is 3. The fraction of sp³-hybridized carbons (Fsp3) is 0.923. The summed E-state index contributed by atoms with van der Waals surface area (Å²) in [6.07, 6.45) is 7.23. The standard InChI is InChI=1S/C13H24N2O2/c14-13(17)10-5-4-8-15(9-10)11-6-2-1-3-7-12(11)16/h10-12,16H,1-9H2,(H2,14,17). The van der Waals surface area contributed by atoms with Gasteiger partial charge in [0.2, 0.25) is 5.91 Å². The number of piperidine rings is 1. The minimum absolute atomic E-state index is 0.0146. The van der Waals surface area contributed by atoms with Gasteiger partial charge in [-0.25, -0.2) is 0 Å². The summed E-state index contributed by atoms with van der Waals surface area (Å²) in [7, 11) is 0. The summed E-state index contributed by atoms with van der Waals surface area (Å²) in [4.78, 5) is 13.6. The van der Waals surface area contributed by atoms with Crippen molar-refractivity contribution in [1.82, 2.24) is 4.90 Å². The molecule has 3 N–H and O–H groups in total. The first-order valence-corrected chi connectivity index (χ1v) is 6.90. The van der Waals surface area contributed by atoms with Crippen molar-refractivity contribution in [2.75, 3.05) is 13.1 Å². The van der Waals surface area contributed by atoms with Crippen molar-refractivity contribution < 1.29 is 9.90 Å². The molecule has 0 aromatic carbocycles. The molecule has 1 amide bonds. The highest BCUT2D eigenvalue weighted by molar-refractivity contribution is 5.76. The van der Waals surface area contributed by atoms with E-state index >= 15 is 0 Å². The van der Waals surface area contributed by atoms with E-state index in [0.29, 0.717) is 0 Å². The average molecular weight is 240 g/mol. The zero-order chi connectivity index (χ0) is 12.3. The first-order valence-electron chi connectivity index (χ1n) is 6.90. The Bertz CT molecular complexity index is 270. The van der Waals surface area contributed by atoms with E-state index in [4.69, 9.17) is 5.73 Å². The Balaban J connectivity index is 1.97. The molecule has 1 aliphatic heterocycles. The minimum Gasteiger partial charge on any atom is -0.391 e. The summed E-state index contributed by atoms with van der Waals surface area (Å²) in [6.45, 7) is 1.75. The molecule has 1 heterocycles. The Morgan fingerprint density at radius 1 is 1.12 bits per heavy atom. The first kappa shape index (κ1) is 12.8. The molecular formula is C13H24N2O2. The number of carbonyl (C=O) groups is 1. The first-order chi connectivity index (χ1) is 8.18. The predicted molar refractivity (Wildman–Crippen MR) is 66.4 cm³/mol. The number of nitrogens with zero attached hydrogens (tertiary/aromatic N) is 1. The second kappa shape index (κ2) is 5.83. The molecule has 0 spiro atoms. The SMILES string of the molecule is NC(=O)C1CCCN(C2CCCCCC2O)C1. The van der Waals surface area contributed by atoms with E-state index in [1.54, 1.807) is 0 Å². The van der Waals surface area contributed by atoms with Gasteiger partial charge >= 0.3 is 0 Å². The molecule has 2 aliphatic rings. The van der Waals surface area contributed by atoms with Gasteiger partial charge < -0.3 is 10.8 Å². The van der Waals surface area contributed by atoms with Crippen LogP contribution in [0.2, 0.25) is 0 Å². The van der Waals surface area contributed by atoms with Gasteiger partial charge in [0.1, 0.15) is 0 Å². The van der Waals surface area contributed by atoms with Crippen molar-refractivity contribution in [3.05, 3.63) is 0 Å². The highest BCUT2D eigenvalue weighted by atomic mass is 16.3. The lowest BCUT2D eigenvalue weighted by Gasteiger charge is -2.39. The average Bonchev–Trinajstić information content (AvgIpc) is 2.54. The van der Waals surface area contributed by atoms with Crippen LogP contribution >= 0.6 is 0 Å². The van der Waals surface area contributed by atoms with Crippen molar-refractivity contribution in [2.45, 2.75) is 57.1 Å². The third-order valence-electron chi connectivity index (χ3n) is 4.27. The van der Waals surface area contributed by atoms with Gasteiger partial charge in [-0.15, -0.1) is 0 Å². The van der Waals surface area contributed by atoms with Gasteiger partial charge in [0.25, 0.3) is 0 Å². The zero-order valence-electron chi connectivity index (χ0n) is 10.5. The van der Waals surface area contributed by atoms with Crippen LogP contribution in [-0.4, -0.2) is 41.1 Å². The summed E-state index contributed by atoms with van der Waals surface area (Å²) in [5, 5.41) is 10.2. The lowest BCUT2D eigenvalue weighted by Crippen LogP contribution is -2.50. The monoisotopic (exact) mass is 240 g/mol. The fourth-order valence-electron chi connectivity index (χ4n) is 3.23. The second-order valence-corrected chi connectivity index (χ2v) is 5.51. The molecule has 3 atom stereocenters. The van der Waals surface area contributed by atoms with Crippen LogP contribution in [-0.2, 0) is 4.79 Å². The van der Waals surface area contributed by atoms with Gasteiger partial charge in [0.15, 0.2) is 0 Å². The molecule has 2 fully saturated rings. The van der Waals surface area contributed by atoms with Crippen molar-refractivity contribution in [2.24, 2.45) is 11.7 Å². The summed E-state index contributed by atoms with van der Waals surface area (Å²) in [5.41, 5.74) is 5.40. The van der Waals surface area contributed by atoms with E-state index in [0.717, 1.165) is 45.2 Å². The van der Waals surface area contributed by atoms with Crippen molar-refractivity contribution in [3.8, 4) is 0 Å². The van der Waals surface area contributed by atoms with Crippen LogP contribution in [0, 0.1) is 5.92 Å². The van der Waals surface area contributed by atoms with Gasteiger partial charge in [0.05, 0.1) is 12.0 Å². The smallest absolute Gasteiger partial charge is 0.221 e. The molecular weight excluding hydrogens is 216 g/mol. The Hall–Kier alpha value is -0.610. The van der Waals surface area contributed by atoms with E-state index in [1.165, 1.54) is 12.8 Å². The number of hydrogen-bond donors (Lipinski definition) is 2. The van der Waals surface area contributed by atoms with Gasteiger partial charge in [-0.2, -0.15) is 0 Å². The molecule has 4 nitrogen and oxygen atoms in total. The van der Waals surface area contributed by atoms with E-state index in [-0.39, 0.29) is 24.0 Å². The Morgan fingerprint density at radius 2 is 1.88 bits per heavy atom. The number of primary amides is 1. The molecule has 1 aliphatic carbocycles. The lowest BCUT2D eigenvalue weighted by atomic mass is 9.93. The topological polar surface area (TPSA) is 66.6 Å². The zero-order valence-corrected chi connectivity index (χ0v) is 10.5. The van der Waals surface area contributed by atoms with Crippen LogP contribution in [0.5, 0.6) is 0 Å². The van der Waals surface area contributed by atoms with E-state index in [9.17, 15) is 9.90 Å². The summed E-state index contributed by atoms with van der Waals surface area (Å²) in [5.74, 6) is -0.197. The van der Waals surface area contributed by atoms with Gasteiger partial charge in [-0.3, -0.25) is 9.69 Å². The normalized spacial score (nSPS) is 36.4. The predicted octanol–water partition coefficient (Wildman–Crippen LogP) is 0.877. The second-order valence-electron chi connectivity index (χ2n) is 5.51. The number of aliphatic hydroxyl groups is 1. The fourth-order valence-corrected chi connectivity index (χ4v) is 3.23. The maximum Gasteiger partial charge on any atom is 0.221 e. The Morgan fingerprint density at radius 3 is 2.65 bits per heavy atom. The highest BCUT2D eigenvalue weighted by Crippen LogP contribution is 2.26.